The molecule has 0 spiro atoms. The van der Waals surface area contributed by atoms with Crippen molar-refractivity contribution in [1.82, 2.24) is 15.3 Å². The van der Waals surface area contributed by atoms with E-state index in [1.54, 1.807) is 0 Å². The van der Waals surface area contributed by atoms with Gasteiger partial charge in [0.25, 0.3) is 5.91 Å². The van der Waals surface area contributed by atoms with Crippen LogP contribution in [0.5, 0.6) is 0 Å². The number of aromatic nitrogens is 2. The van der Waals surface area contributed by atoms with Gasteiger partial charge in [-0.2, -0.15) is 16.7 Å². The summed E-state index contributed by atoms with van der Waals surface area (Å²) < 4.78 is 29.0. The second-order valence-corrected chi connectivity index (χ2v) is 9.81. The number of pyridine rings is 1. The highest BCUT2D eigenvalue weighted by atomic mass is 32.2. The molecule has 11 nitrogen and oxygen atoms in total. The lowest BCUT2D eigenvalue weighted by Crippen LogP contribution is -2.52. The van der Waals surface area contributed by atoms with Crippen molar-refractivity contribution in [3.05, 3.63) is 42.0 Å². The minimum Gasteiger partial charge on any atom is -0.430 e. The Morgan fingerprint density at radius 1 is 1.29 bits per heavy atom. The summed E-state index contributed by atoms with van der Waals surface area (Å²) in [5.41, 5.74) is 0.109. The number of rotatable bonds is 11. The zero-order valence-electron chi connectivity index (χ0n) is 17.2. The summed E-state index contributed by atoms with van der Waals surface area (Å²) in [7, 11) is -2.44. The van der Waals surface area contributed by atoms with Crippen LogP contribution in [0.4, 0.5) is 6.01 Å². The summed E-state index contributed by atoms with van der Waals surface area (Å²) in [6.45, 7) is 0. The first-order valence-corrected chi connectivity index (χ1v) is 12.4. The maximum atomic E-state index is 12.7. The number of sulfonamides is 1. The molecule has 4 atom stereocenters. The number of hydrogen-bond acceptors (Lipinski definition) is 10. The van der Waals surface area contributed by atoms with Gasteiger partial charge in [0.15, 0.2) is 5.69 Å². The Morgan fingerprint density at radius 3 is 2.52 bits per heavy atom. The molecule has 2 aromatic rings. The number of thioether (sulfide) groups is 1. The van der Waals surface area contributed by atoms with Gasteiger partial charge in [-0.15, -0.1) is 0 Å². The SMILES string of the molecule is CSCCC(O)C(O)C(NC(=O)c1coc(N(C)S(C)(=O)=O)n1)C(O)c1ccncc1. The van der Waals surface area contributed by atoms with E-state index in [9.17, 15) is 28.5 Å². The average Bonchev–Trinajstić information content (AvgIpc) is 3.24. The summed E-state index contributed by atoms with van der Waals surface area (Å²) in [6.07, 6.45) is 2.81. The van der Waals surface area contributed by atoms with Crippen LogP contribution in [0.3, 0.4) is 0 Å². The molecule has 4 N–H and O–H groups in total. The minimum atomic E-state index is -3.65. The first-order chi connectivity index (χ1) is 14.6. The Morgan fingerprint density at radius 2 is 1.94 bits per heavy atom. The first kappa shape index (κ1) is 25.1. The summed E-state index contributed by atoms with van der Waals surface area (Å²) >= 11 is 1.48. The molecule has 0 aromatic carbocycles. The van der Waals surface area contributed by atoms with E-state index in [4.69, 9.17) is 4.42 Å². The molecule has 2 rings (SSSR count). The standard InChI is InChI=1S/C18H26N4O7S2/c1-22(31(3,27)28)18-20-12(10-29-18)17(26)21-14(16(25)13(23)6-9-30-2)15(24)11-4-7-19-8-5-11/h4-5,7-8,10,13-16,23-25H,6,9H2,1-3H3,(H,21,26). The molecule has 0 fully saturated rings. The fraction of sp³-hybridized carbons (Fsp3) is 0.500. The lowest BCUT2D eigenvalue weighted by atomic mass is 9.94. The van der Waals surface area contributed by atoms with Gasteiger partial charge in [0.1, 0.15) is 18.5 Å². The molecule has 1 amide bonds. The van der Waals surface area contributed by atoms with Crippen LogP contribution in [0.1, 0.15) is 28.6 Å². The smallest absolute Gasteiger partial charge is 0.311 e. The van der Waals surface area contributed by atoms with Gasteiger partial charge in [-0.05, 0) is 36.1 Å². The van der Waals surface area contributed by atoms with E-state index in [1.807, 2.05) is 6.26 Å². The van der Waals surface area contributed by atoms with Gasteiger partial charge in [0.2, 0.25) is 10.0 Å². The van der Waals surface area contributed by atoms with Gasteiger partial charge in [-0.3, -0.25) is 9.78 Å². The molecule has 2 aromatic heterocycles. The molecular formula is C18H26N4O7S2. The second-order valence-electron chi connectivity index (χ2n) is 6.81. The summed E-state index contributed by atoms with van der Waals surface area (Å²) in [6, 6.07) is 1.42. The number of carbonyl (C=O) groups excluding carboxylic acids is 1. The molecule has 0 saturated carbocycles. The summed E-state index contributed by atoms with van der Waals surface area (Å²) in [5, 5.41) is 34.2. The molecule has 2 heterocycles. The van der Waals surface area contributed by atoms with Crippen molar-refractivity contribution < 1.29 is 32.9 Å². The molecule has 0 aliphatic heterocycles. The maximum absolute atomic E-state index is 12.7. The van der Waals surface area contributed by atoms with Gasteiger partial charge in [-0.25, -0.2) is 12.7 Å². The highest BCUT2D eigenvalue weighted by Crippen LogP contribution is 2.22. The quantitative estimate of drug-likeness (QED) is 0.342. The number of nitrogens with one attached hydrogen (secondary N) is 1. The normalized spacial score (nSPS) is 15.7. The Hall–Kier alpha value is -2.19. The predicted molar refractivity (Wildman–Crippen MR) is 115 cm³/mol. The number of aliphatic hydroxyl groups excluding tert-OH is 3. The van der Waals surface area contributed by atoms with E-state index < -0.39 is 40.3 Å². The van der Waals surface area contributed by atoms with Crippen molar-refractivity contribution in [2.24, 2.45) is 0 Å². The Bertz CT molecular complexity index is 955. The number of oxazole rings is 1. The first-order valence-electron chi connectivity index (χ1n) is 9.19. The molecule has 13 heteroatoms. The fourth-order valence-electron chi connectivity index (χ4n) is 2.65. The van der Waals surface area contributed by atoms with Crippen LogP contribution >= 0.6 is 11.8 Å². The molecule has 0 aliphatic carbocycles. The van der Waals surface area contributed by atoms with Crippen LogP contribution < -0.4 is 9.62 Å². The molecule has 0 bridgehead atoms. The zero-order valence-corrected chi connectivity index (χ0v) is 18.9. The van der Waals surface area contributed by atoms with Crippen molar-refractivity contribution in [2.45, 2.75) is 30.8 Å². The van der Waals surface area contributed by atoms with Crippen LogP contribution in [0.15, 0.2) is 35.2 Å². The number of aliphatic hydroxyl groups is 3. The topological polar surface area (TPSA) is 166 Å². The highest BCUT2D eigenvalue weighted by Gasteiger charge is 2.35. The summed E-state index contributed by atoms with van der Waals surface area (Å²) in [4.78, 5) is 20.4. The molecule has 172 valence electrons. The van der Waals surface area contributed by atoms with Crippen molar-refractivity contribution in [1.29, 1.82) is 0 Å². The van der Waals surface area contributed by atoms with Crippen LogP contribution in [0.25, 0.3) is 0 Å². The third kappa shape index (κ3) is 6.64. The van der Waals surface area contributed by atoms with Crippen molar-refractivity contribution in [3.63, 3.8) is 0 Å². The highest BCUT2D eigenvalue weighted by molar-refractivity contribution is 7.98. The lowest BCUT2D eigenvalue weighted by molar-refractivity contribution is -0.0378. The number of anilines is 1. The molecule has 4 unspecified atom stereocenters. The fourth-order valence-corrected chi connectivity index (χ4v) is 3.49. The van der Waals surface area contributed by atoms with E-state index in [-0.39, 0.29) is 18.1 Å². The van der Waals surface area contributed by atoms with Gasteiger partial charge in [0.05, 0.1) is 18.4 Å². The van der Waals surface area contributed by atoms with E-state index >= 15 is 0 Å². The van der Waals surface area contributed by atoms with Crippen LogP contribution in [-0.2, 0) is 10.0 Å². The van der Waals surface area contributed by atoms with E-state index in [0.29, 0.717) is 11.3 Å². The van der Waals surface area contributed by atoms with E-state index in [1.165, 1.54) is 43.3 Å². The molecule has 0 radical (unpaired) electrons. The third-order valence-corrected chi connectivity index (χ3v) is 6.35. The van der Waals surface area contributed by atoms with Gasteiger partial charge >= 0.3 is 6.01 Å². The number of hydrogen-bond donors (Lipinski definition) is 4. The van der Waals surface area contributed by atoms with Gasteiger partial charge in [-0.1, -0.05) is 0 Å². The number of amides is 1. The Labute approximate surface area is 184 Å². The van der Waals surface area contributed by atoms with Crippen LogP contribution in [-0.4, -0.2) is 83.2 Å². The van der Waals surface area contributed by atoms with Crippen LogP contribution in [0, 0.1) is 0 Å². The lowest BCUT2D eigenvalue weighted by Gasteiger charge is -2.31. The number of carbonyl (C=O) groups is 1. The largest absolute Gasteiger partial charge is 0.430 e. The van der Waals surface area contributed by atoms with Gasteiger partial charge in [0, 0.05) is 19.4 Å². The predicted octanol–water partition coefficient (Wildman–Crippen LogP) is -0.228. The van der Waals surface area contributed by atoms with Crippen LogP contribution in [0.2, 0.25) is 0 Å². The zero-order chi connectivity index (χ0) is 23.2. The monoisotopic (exact) mass is 474 g/mol. The molecular weight excluding hydrogens is 448 g/mol. The minimum absolute atomic E-state index is 0.241. The third-order valence-electron chi connectivity index (χ3n) is 4.56. The Balaban J connectivity index is 2.26. The maximum Gasteiger partial charge on any atom is 0.311 e. The Kier molecular flexibility index (Phi) is 8.82. The number of nitrogens with zero attached hydrogens (tertiary/aromatic N) is 3. The van der Waals surface area contributed by atoms with Crippen molar-refractivity contribution in [2.75, 3.05) is 29.6 Å². The van der Waals surface area contributed by atoms with E-state index in [2.05, 4.69) is 15.3 Å². The van der Waals surface area contributed by atoms with Gasteiger partial charge < -0.3 is 25.1 Å². The molecule has 0 aliphatic rings. The molecule has 31 heavy (non-hydrogen) atoms. The summed E-state index contributed by atoms with van der Waals surface area (Å²) in [5.74, 6) is -0.263. The van der Waals surface area contributed by atoms with Crippen molar-refractivity contribution >= 4 is 33.7 Å². The molecule has 0 saturated heterocycles. The van der Waals surface area contributed by atoms with E-state index in [0.717, 1.165) is 16.8 Å². The van der Waals surface area contributed by atoms with Crippen molar-refractivity contribution in [3.8, 4) is 0 Å². The average molecular weight is 475 g/mol. The second kappa shape index (κ2) is 10.9.